The highest BCUT2D eigenvalue weighted by Gasteiger charge is 2.15. The van der Waals surface area contributed by atoms with Crippen LogP contribution in [0.3, 0.4) is 0 Å². The highest BCUT2D eigenvalue weighted by molar-refractivity contribution is 7.99. The minimum atomic E-state index is -0.620. The lowest BCUT2D eigenvalue weighted by Crippen LogP contribution is -2.15. The molecule has 3 N–H and O–H groups in total. The van der Waals surface area contributed by atoms with Crippen molar-refractivity contribution in [1.82, 2.24) is 9.97 Å². The number of rotatable bonds is 7. The van der Waals surface area contributed by atoms with Crippen molar-refractivity contribution in [3.8, 4) is 0 Å². The van der Waals surface area contributed by atoms with E-state index in [0.717, 1.165) is 11.8 Å². The van der Waals surface area contributed by atoms with E-state index in [1.54, 1.807) is 26.0 Å². The molecule has 0 spiro atoms. The van der Waals surface area contributed by atoms with Gasteiger partial charge in [-0.1, -0.05) is 17.8 Å². The molecule has 0 atom stereocenters. The van der Waals surface area contributed by atoms with Crippen molar-refractivity contribution < 1.29 is 19.2 Å². The summed E-state index contributed by atoms with van der Waals surface area (Å²) >= 11 is 1.01. The van der Waals surface area contributed by atoms with Gasteiger partial charge in [-0.2, -0.15) is 0 Å². The van der Waals surface area contributed by atoms with E-state index in [-0.39, 0.29) is 34.6 Å². The molecule has 0 bridgehead atoms. The molecule has 1 aromatic carbocycles. The van der Waals surface area contributed by atoms with Gasteiger partial charge in [0.15, 0.2) is 5.16 Å². The van der Waals surface area contributed by atoms with Gasteiger partial charge in [0.05, 0.1) is 17.3 Å². The van der Waals surface area contributed by atoms with E-state index in [0.29, 0.717) is 11.3 Å². The summed E-state index contributed by atoms with van der Waals surface area (Å²) in [6.45, 7) is 3.48. The molecule has 1 amide bonds. The highest BCUT2D eigenvalue weighted by Crippen LogP contribution is 2.23. The lowest BCUT2D eigenvalue weighted by molar-refractivity contribution is -0.385. The Hall–Kier alpha value is -3.21. The Bertz CT molecular complexity index is 889. The summed E-state index contributed by atoms with van der Waals surface area (Å²) < 4.78 is 4.83. The number of carbonyl (C=O) groups is 2. The van der Waals surface area contributed by atoms with Crippen molar-refractivity contribution in [2.45, 2.75) is 19.0 Å². The van der Waals surface area contributed by atoms with Crippen LogP contribution in [0.15, 0.2) is 29.6 Å². The molecule has 1 heterocycles. The fourth-order valence-electron chi connectivity index (χ4n) is 2.02. The van der Waals surface area contributed by atoms with Crippen LogP contribution in [0.2, 0.25) is 0 Å². The van der Waals surface area contributed by atoms with Crippen LogP contribution in [0.1, 0.15) is 22.8 Å². The maximum absolute atomic E-state index is 12.0. The maximum atomic E-state index is 12.0. The molecule has 1 aromatic heterocycles. The van der Waals surface area contributed by atoms with Crippen molar-refractivity contribution in [3.05, 3.63) is 45.6 Å². The molecule has 0 fully saturated rings. The molecule has 0 saturated heterocycles. The molecule has 2 aromatic rings. The zero-order valence-electron chi connectivity index (χ0n) is 14.6. The number of esters is 1. The molecule has 142 valence electrons. The minimum absolute atomic E-state index is 0.0412. The smallest absolute Gasteiger partial charge is 0.343 e. The molecule has 0 saturated carbocycles. The first-order chi connectivity index (χ1) is 12.8. The highest BCUT2D eigenvalue weighted by atomic mass is 32.2. The van der Waals surface area contributed by atoms with Crippen molar-refractivity contribution in [2.75, 3.05) is 23.4 Å². The minimum Gasteiger partial charge on any atom is -0.462 e. The number of nitro benzene ring substituents is 1. The van der Waals surface area contributed by atoms with Gasteiger partial charge >= 0.3 is 5.97 Å². The molecule has 27 heavy (non-hydrogen) atoms. The van der Waals surface area contributed by atoms with Crippen LogP contribution in [-0.4, -0.2) is 39.1 Å². The standard InChI is InChI=1S/C16H17N5O5S/c1-3-26-15(23)11-7-18-16(20-14(11)17)27-8-13(22)19-10-5-4-9(2)12(6-10)21(24)25/h4-7H,3,8H2,1-2H3,(H,19,22)(H2,17,18,20). The Morgan fingerprint density at radius 2 is 2.15 bits per heavy atom. The molecule has 0 radical (unpaired) electrons. The predicted molar refractivity (Wildman–Crippen MR) is 99.6 cm³/mol. The Labute approximate surface area is 158 Å². The van der Waals surface area contributed by atoms with Gasteiger partial charge in [0, 0.05) is 23.5 Å². The van der Waals surface area contributed by atoms with Crippen LogP contribution in [-0.2, 0) is 9.53 Å². The van der Waals surface area contributed by atoms with E-state index < -0.39 is 16.8 Å². The molecule has 0 aliphatic heterocycles. The fourth-order valence-corrected chi connectivity index (χ4v) is 2.65. The summed E-state index contributed by atoms with van der Waals surface area (Å²) in [5.41, 5.74) is 6.50. The first-order valence-corrected chi connectivity index (χ1v) is 8.77. The normalized spacial score (nSPS) is 10.3. The molecule has 0 unspecified atom stereocenters. The zero-order chi connectivity index (χ0) is 20.0. The fraction of sp³-hybridized carbons (Fsp3) is 0.250. The van der Waals surface area contributed by atoms with E-state index >= 15 is 0 Å². The van der Waals surface area contributed by atoms with Crippen LogP contribution in [0.4, 0.5) is 17.2 Å². The Morgan fingerprint density at radius 3 is 2.78 bits per heavy atom. The van der Waals surface area contributed by atoms with Crippen molar-refractivity contribution in [3.63, 3.8) is 0 Å². The second-order valence-corrected chi connectivity index (χ2v) is 6.21. The van der Waals surface area contributed by atoms with Crippen LogP contribution >= 0.6 is 11.8 Å². The van der Waals surface area contributed by atoms with Gasteiger partial charge in [-0.25, -0.2) is 14.8 Å². The van der Waals surface area contributed by atoms with Crippen LogP contribution < -0.4 is 11.1 Å². The number of hydrogen-bond donors (Lipinski definition) is 2. The Kier molecular flexibility index (Phi) is 6.66. The average molecular weight is 391 g/mol. The number of nitrogens with one attached hydrogen (secondary N) is 1. The SMILES string of the molecule is CCOC(=O)c1cnc(SCC(=O)Nc2ccc(C)c([N+](=O)[O-])c2)nc1N. The van der Waals surface area contributed by atoms with Crippen molar-refractivity contribution in [1.29, 1.82) is 0 Å². The number of nitrogens with zero attached hydrogens (tertiary/aromatic N) is 3. The summed E-state index contributed by atoms with van der Waals surface area (Å²) in [5.74, 6) is -1.10. The van der Waals surface area contributed by atoms with E-state index in [1.165, 1.54) is 12.3 Å². The number of anilines is 2. The number of aryl methyl sites for hydroxylation is 1. The van der Waals surface area contributed by atoms with Crippen molar-refractivity contribution in [2.24, 2.45) is 0 Å². The van der Waals surface area contributed by atoms with Crippen LogP contribution in [0.25, 0.3) is 0 Å². The molecule has 2 rings (SSSR count). The summed E-state index contributed by atoms with van der Waals surface area (Å²) in [6.07, 6.45) is 1.24. The zero-order valence-corrected chi connectivity index (χ0v) is 15.4. The number of benzene rings is 1. The number of carbonyl (C=O) groups excluding carboxylic acids is 2. The first kappa shape index (κ1) is 20.1. The Balaban J connectivity index is 1.98. The third kappa shape index (κ3) is 5.38. The molecular formula is C16H17N5O5S. The average Bonchev–Trinajstić information content (AvgIpc) is 2.61. The third-order valence-electron chi connectivity index (χ3n) is 3.31. The lowest BCUT2D eigenvalue weighted by atomic mass is 10.2. The number of ether oxygens (including phenoxy) is 1. The van der Waals surface area contributed by atoms with E-state index in [9.17, 15) is 19.7 Å². The monoisotopic (exact) mass is 391 g/mol. The molecule has 10 nitrogen and oxygen atoms in total. The number of hydrogen-bond acceptors (Lipinski definition) is 9. The largest absolute Gasteiger partial charge is 0.462 e. The Morgan fingerprint density at radius 1 is 1.41 bits per heavy atom. The van der Waals surface area contributed by atoms with Crippen LogP contribution in [0, 0.1) is 17.0 Å². The summed E-state index contributed by atoms with van der Waals surface area (Å²) in [6, 6.07) is 4.42. The van der Waals surface area contributed by atoms with Gasteiger partial charge in [0.2, 0.25) is 5.91 Å². The lowest BCUT2D eigenvalue weighted by Gasteiger charge is -2.07. The van der Waals surface area contributed by atoms with E-state index in [2.05, 4.69) is 15.3 Å². The molecular weight excluding hydrogens is 374 g/mol. The second-order valence-electron chi connectivity index (χ2n) is 5.27. The van der Waals surface area contributed by atoms with Gasteiger partial charge in [-0.05, 0) is 19.9 Å². The van der Waals surface area contributed by atoms with Crippen LogP contribution in [0.5, 0.6) is 0 Å². The molecule has 0 aliphatic rings. The van der Waals surface area contributed by atoms with Crippen molar-refractivity contribution >= 4 is 40.8 Å². The van der Waals surface area contributed by atoms with Gasteiger partial charge in [0.25, 0.3) is 5.69 Å². The number of nitro groups is 1. The quantitative estimate of drug-likeness (QED) is 0.238. The number of amides is 1. The second kappa shape index (κ2) is 8.94. The number of nitrogen functional groups attached to an aromatic ring is 1. The van der Waals surface area contributed by atoms with E-state index in [1.807, 2.05) is 0 Å². The summed E-state index contributed by atoms with van der Waals surface area (Å²) in [5, 5.41) is 13.7. The maximum Gasteiger partial charge on any atom is 0.343 e. The number of aromatic nitrogens is 2. The number of nitrogens with two attached hydrogens (primary N) is 1. The van der Waals surface area contributed by atoms with Gasteiger partial charge in [-0.3, -0.25) is 14.9 Å². The summed E-state index contributed by atoms with van der Waals surface area (Å²) in [4.78, 5) is 42.0. The predicted octanol–water partition coefficient (Wildman–Crippen LogP) is 2.18. The van der Waals surface area contributed by atoms with E-state index in [4.69, 9.17) is 10.5 Å². The first-order valence-electron chi connectivity index (χ1n) is 7.79. The van der Waals surface area contributed by atoms with Gasteiger partial charge in [0.1, 0.15) is 11.4 Å². The third-order valence-corrected chi connectivity index (χ3v) is 4.17. The van der Waals surface area contributed by atoms with Gasteiger partial charge in [-0.15, -0.1) is 0 Å². The van der Waals surface area contributed by atoms with Gasteiger partial charge < -0.3 is 15.8 Å². The molecule has 0 aliphatic carbocycles. The summed E-state index contributed by atoms with van der Waals surface area (Å²) in [7, 11) is 0. The number of thioether (sulfide) groups is 1. The molecule has 11 heteroatoms. The topological polar surface area (TPSA) is 150 Å².